The number of aromatic nitrogens is 2. The van der Waals surface area contributed by atoms with Crippen molar-refractivity contribution in [2.24, 2.45) is 7.05 Å². The highest BCUT2D eigenvalue weighted by Gasteiger charge is 2.05. The van der Waals surface area contributed by atoms with E-state index in [1.54, 1.807) is 6.20 Å². The van der Waals surface area contributed by atoms with Gasteiger partial charge in [-0.1, -0.05) is 17.7 Å². The van der Waals surface area contributed by atoms with Crippen molar-refractivity contribution in [3.8, 4) is 5.75 Å². The molecule has 1 aromatic heterocycles. The van der Waals surface area contributed by atoms with Crippen molar-refractivity contribution in [3.05, 3.63) is 47.5 Å². The lowest BCUT2D eigenvalue weighted by atomic mass is 10.1. The number of hydrogen-bond acceptors (Lipinski definition) is 3. The van der Waals surface area contributed by atoms with Gasteiger partial charge in [-0.15, -0.1) is 0 Å². The van der Waals surface area contributed by atoms with Crippen LogP contribution in [0.15, 0.2) is 30.6 Å². The quantitative estimate of drug-likeness (QED) is 0.876. The van der Waals surface area contributed by atoms with Gasteiger partial charge in [0.2, 0.25) is 0 Å². The second kappa shape index (κ2) is 5.69. The molecule has 96 valence electrons. The Morgan fingerprint density at radius 3 is 2.89 bits per heavy atom. The van der Waals surface area contributed by atoms with Gasteiger partial charge in [0.1, 0.15) is 18.2 Å². The summed E-state index contributed by atoms with van der Waals surface area (Å²) in [7, 11) is 3.90. The summed E-state index contributed by atoms with van der Waals surface area (Å²) >= 11 is 0. The number of hydrogen-bond donors (Lipinski definition) is 1. The Morgan fingerprint density at radius 1 is 1.39 bits per heavy atom. The SMILES string of the molecule is CNCc1cc(C)ccc1OCc1nccn1C. The number of benzene rings is 1. The van der Waals surface area contributed by atoms with E-state index < -0.39 is 0 Å². The number of imidazole rings is 1. The van der Waals surface area contributed by atoms with Crippen LogP contribution < -0.4 is 10.1 Å². The molecule has 0 bridgehead atoms. The molecule has 0 fully saturated rings. The van der Waals surface area contributed by atoms with Gasteiger partial charge in [0.15, 0.2) is 0 Å². The first-order valence-corrected chi connectivity index (χ1v) is 6.04. The fraction of sp³-hybridized carbons (Fsp3) is 0.357. The van der Waals surface area contributed by atoms with Gasteiger partial charge in [0.05, 0.1) is 0 Å². The molecule has 2 rings (SSSR count). The minimum absolute atomic E-state index is 0.489. The van der Waals surface area contributed by atoms with Crippen LogP contribution in [0.4, 0.5) is 0 Å². The topological polar surface area (TPSA) is 39.1 Å². The maximum atomic E-state index is 5.85. The third-order valence-corrected chi connectivity index (χ3v) is 2.86. The Hall–Kier alpha value is -1.81. The van der Waals surface area contributed by atoms with Crippen molar-refractivity contribution in [1.82, 2.24) is 14.9 Å². The fourth-order valence-electron chi connectivity index (χ4n) is 1.86. The maximum absolute atomic E-state index is 5.85. The summed E-state index contributed by atoms with van der Waals surface area (Å²) < 4.78 is 7.81. The lowest BCUT2D eigenvalue weighted by molar-refractivity contribution is 0.288. The van der Waals surface area contributed by atoms with Gasteiger partial charge >= 0.3 is 0 Å². The average Bonchev–Trinajstić information content (AvgIpc) is 2.74. The number of aryl methyl sites for hydroxylation is 2. The first-order chi connectivity index (χ1) is 8.70. The van der Waals surface area contributed by atoms with Crippen LogP contribution in [0.25, 0.3) is 0 Å². The fourth-order valence-corrected chi connectivity index (χ4v) is 1.86. The molecule has 0 saturated carbocycles. The summed E-state index contributed by atoms with van der Waals surface area (Å²) in [6.07, 6.45) is 3.70. The first-order valence-electron chi connectivity index (χ1n) is 6.04. The van der Waals surface area contributed by atoms with Crippen LogP contribution in [0.3, 0.4) is 0 Å². The van der Waals surface area contributed by atoms with Crippen LogP contribution in [-0.4, -0.2) is 16.6 Å². The number of rotatable bonds is 5. The smallest absolute Gasteiger partial charge is 0.146 e. The van der Waals surface area contributed by atoms with Gasteiger partial charge in [0, 0.05) is 31.5 Å². The molecule has 18 heavy (non-hydrogen) atoms. The van der Waals surface area contributed by atoms with Crippen LogP contribution in [0.5, 0.6) is 5.75 Å². The van der Waals surface area contributed by atoms with Crippen LogP contribution in [-0.2, 0) is 20.2 Å². The molecule has 0 unspecified atom stereocenters. The van der Waals surface area contributed by atoms with Crippen molar-refractivity contribution in [3.63, 3.8) is 0 Å². The molecule has 1 aromatic carbocycles. The number of ether oxygens (including phenoxy) is 1. The van der Waals surface area contributed by atoms with E-state index >= 15 is 0 Å². The monoisotopic (exact) mass is 245 g/mol. The molecule has 4 nitrogen and oxygen atoms in total. The lowest BCUT2D eigenvalue weighted by Crippen LogP contribution is -2.09. The van der Waals surface area contributed by atoms with Crippen molar-refractivity contribution >= 4 is 0 Å². The summed E-state index contributed by atoms with van der Waals surface area (Å²) in [6, 6.07) is 6.22. The third kappa shape index (κ3) is 2.90. The zero-order valence-corrected chi connectivity index (χ0v) is 11.1. The largest absolute Gasteiger partial charge is 0.485 e. The number of nitrogens with zero attached hydrogens (tertiary/aromatic N) is 2. The van der Waals surface area contributed by atoms with Crippen LogP contribution in [0, 0.1) is 6.92 Å². The molecular weight excluding hydrogens is 226 g/mol. The minimum atomic E-state index is 0.489. The molecule has 0 aliphatic rings. The van der Waals surface area contributed by atoms with Crippen molar-refractivity contribution in [1.29, 1.82) is 0 Å². The van der Waals surface area contributed by atoms with E-state index in [9.17, 15) is 0 Å². The third-order valence-electron chi connectivity index (χ3n) is 2.86. The van der Waals surface area contributed by atoms with E-state index in [1.165, 1.54) is 11.1 Å². The first kappa shape index (κ1) is 12.6. The maximum Gasteiger partial charge on any atom is 0.146 e. The molecule has 0 amide bonds. The second-order valence-corrected chi connectivity index (χ2v) is 4.38. The molecule has 0 saturated heterocycles. The predicted molar refractivity (Wildman–Crippen MR) is 71.5 cm³/mol. The van der Waals surface area contributed by atoms with Gasteiger partial charge in [-0.2, -0.15) is 0 Å². The zero-order valence-electron chi connectivity index (χ0n) is 11.1. The van der Waals surface area contributed by atoms with Crippen molar-refractivity contribution < 1.29 is 4.74 Å². The van der Waals surface area contributed by atoms with E-state index in [1.807, 2.05) is 30.9 Å². The molecule has 0 atom stereocenters. The summed E-state index contributed by atoms with van der Waals surface area (Å²) in [4.78, 5) is 4.25. The molecule has 4 heteroatoms. The summed E-state index contributed by atoms with van der Waals surface area (Å²) in [6.45, 7) is 3.38. The Bertz CT molecular complexity index is 520. The van der Waals surface area contributed by atoms with Gasteiger partial charge < -0.3 is 14.6 Å². The zero-order chi connectivity index (χ0) is 13.0. The molecule has 2 aromatic rings. The van der Waals surface area contributed by atoms with Crippen LogP contribution in [0.1, 0.15) is 17.0 Å². The van der Waals surface area contributed by atoms with E-state index in [-0.39, 0.29) is 0 Å². The standard InChI is InChI=1S/C14H19N3O/c1-11-4-5-13(12(8-11)9-15-2)18-10-14-16-6-7-17(14)3/h4-8,15H,9-10H2,1-3H3. The molecule has 1 heterocycles. The molecule has 0 aliphatic carbocycles. The Morgan fingerprint density at radius 2 is 2.22 bits per heavy atom. The highest BCUT2D eigenvalue weighted by molar-refractivity contribution is 5.36. The highest BCUT2D eigenvalue weighted by atomic mass is 16.5. The minimum Gasteiger partial charge on any atom is -0.485 e. The summed E-state index contributed by atoms with van der Waals surface area (Å²) in [5.74, 6) is 1.84. The normalized spacial score (nSPS) is 10.6. The molecule has 1 N–H and O–H groups in total. The van der Waals surface area contributed by atoms with Crippen LogP contribution in [0.2, 0.25) is 0 Å². The van der Waals surface area contributed by atoms with Crippen LogP contribution >= 0.6 is 0 Å². The van der Waals surface area contributed by atoms with Crippen molar-refractivity contribution in [2.45, 2.75) is 20.1 Å². The number of nitrogens with one attached hydrogen (secondary N) is 1. The van der Waals surface area contributed by atoms with E-state index in [4.69, 9.17) is 4.74 Å². The van der Waals surface area contributed by atoms with Gasteiger partial charge in [0.25, 0.3) is 0 Å². The molecule has 0 aliphatic heterocycles. The van der Waals surface area contributed by atoms with E-state index in [2.05, 4.69) is 29.4 Å². The van der Waals surface area contributed by atoms with E-state index in [0.717, 1.165) is 18.1 Å². The summed E-state index contributed by atoms with van der Waals surface area (Å²) in [5, 5.41) is 3.16. The lowest BCUT2D eigenvalue weighted by Gasteiger charge is -2.12. The highest BCUT2D eigenvalue weighted by Crippen LogP contribution is 2.20. The van der Waals surface area contributed by atoms with E-state index in [0.29, 0.717) is 6.61 Å². The Kier molecular flexibility index (Phi) is 3.99. The molecular formula is C14H19N3O. The van der Waals surface area contributed by atoms with Gasteiger partial charge in [-0.3, -0.25) is 0 Å². The predicted octanol–water partition coefficient (Wildman–Crippen LogP) is 2.03. The van der Waals surface area contributed by atoms with Gasteiger partial charge in [-0.25, -0.2) is 4.98 Å². The summed E-state index contributed by atoms with van der Waals surface area (Å²) in [5.41, 5.74) is 2.41. The molecule has 0 radical (unpaired) electrons. The van der Waals surface area contributed by atoms with Crippen molar-refractivity contribution in [2.75, 3.05) is 7.05 Å². The average molecular weight is 245 g/mol. The Labute approximate surface area is 108 Å². The second-order valence-electron chi connectivity index (χ2n) is 4.38. The Balaban J connectivity index is 2.11. The van der Waals surface area contributed by atoms with Gasteiger partial charge in [-0.05, 0) is 20.0 Å². The molecule has 0 spiro atoms.